The Kier molecular flexibility index (Phi) is 5.75. The van der Waals surface area contributed by atoms with E-state index in [0.717, 1.165) is 10.6 Å². The van der Waals surface area contributed by atoms with Crippen LogP contribution >= 0.6 is 11.8 Å². The molecule has 1 aromatic rings. The highest BCUT2D eigenvalue weighted by Crippen LogP contribution is 2.38. The van der Waals surface area contributed by atoms with Crippen LogP contribution in [-0.4, -0.2) is 42.6 Å². The van der Waals surface area contributed by atoms with Crippen LogP contribution < -0.4 is 0 Å². The number of carbonyl (C=O) groups is 1. The number of hydrogen-bond donors (Lipinski definition) is 0. The van der Waals surface area contributed by atoms with Crippen molar-refractivity contribution in [1.29, 1.82) is 0 Å². The summed E-state index contributed by atoms with van der Waals surface area (Å²) in [5.41, 5.74) is 0.259. The molecule has 1 aromatic carbocycles. The lowest BCUT2D eigenvalue weighted by Crippen LogP contribution is -2.36. The van der Waals surface area contributed by atoms with Gasteiger partial charge in [0, 0.05) is 5.56 Å². The average Bonchev–Trinajstić information content (AvgIpc) is 2.83. The summed E-state index contributed by atoms with van der Waals surface area (Å²) in [5.74, 6) is -0.131. The van der Waals surface area contributed by atoms with Crippen LogP contribution in [-0.2, 0) is 19.4 Å². The van der Waals surface area contributed by atoms with Crippen LogP contribution in [0.4, 0.5) is 0 Å². The second kappa shape index (κ2) is 7.27. The summed E-state index contributed by atoms with van der Waals surface area (Å²) in [4.78, 5) is 17.1. The number of rotatable bonds is 6. The van der Waals surface area contributed by atoms with E-state index in [9.17, 15) is 13.2 Å². The highest BCUT2D eigenvalue weighted by molar-refractivity contribution is 8.15. The normalized spacial score (nSPS) is 19.8. The Labute approximate surface area is 147 Å². The van der Waals surface area contributed by atoms with Crippen LogP contribution in [0.15, 0.2) is 34.2 Å². The van der Waals surface area contributed by atoms with Crippen molar-refractivity contribution in [2.75, 3.05) is 12.4 Å². The van der Waals surface area contributed by atoms with Crippen molar-refractivity contribution in [2.45, 2.75) is 49.8 Å². The fourth-order valence-electron chi connectivity index (χ4n) is 2.48. The van der Waals surface area contributed by atoms with Gasteiger partial charge in [0.15, 0.2) is 9.84 Å². The Hall–Kier alpha value is -1.34. The first-order valence-electron chi connectivity index (χ1n) is 7.97. The largest absolute Gasteiger partial charge is 0.465 e. The number of aliphatic imine (C=N–C) groups is 1. The molecule has 2 rings (SSSR count). The summed E-state index contributed by atoms with van der Waals surface area (Å²) in [5, 5.41) is 0.341. The molecule has 1 aliphatic heterocycles. The molecule has 132 valence electrons. The van der Waals surface area contributed by atoms with Crippen molar-refractivity contribution in [3.63, 3.8) is 0 Å². The number of esters is 1. The predicted octanol–water partition coefficient (Wildman–Crippen LogP) is 3.07. The lowest BCUT2D eigenvalue weighted by Gasteiger charge is -2.21. The van der Waals surface area contributed by atoms with Crippen molar-refractivity contribution in [2.24, 2.45) is 4.99 Å². The summed E-state index contributed by atoms with van der Waals surface area (Å²) < 4.78 is 29.3. The second-order valence-corrected chi connectivity index (χ2v) is 9.37. The van der Waals surface area contributed by atoms with Crippen molar-refractivity contribution in [1.82, 2.24) is 0 Å². The molecule has 7 heteroatoms. The number of nitrogens with zero attached hydrogens (tertiary/aromatic N) is 1. The predicted molar refractivity (Wildman–Crippen MR) is 97.4 cm³/mol. The number of benzene rings is 1. The van der Waals surface area contributed by atoms with Gasteiger partial charge in [-0.1, -0.05) is 30.8 Å². The van der Waals surface area contributed by atoms with Crippen molar-refractivity contribution in [3.05, 3.63) is 29.8 Å². The molecule has 1 aliphatic rings. The number of carbonyl (C=O) groups excluding carboxylic acids is 1. The SMILES string of the molecule is CCCS(=O)(=O)c1ccc(C2=NC(C)(C)C(C(=O)OCC)S2)cc1. The Morgan fingerprint density at radius 1 is 1.25 bits per heavy atom. The molecule has 1 atom stereocenters. The van der Waals surface area contributed by atoms with Crippen LogP contribution in [0.25, 0.3) is 0 Å². The van der Waals surface area contributed by atoms with Crippen LogP contribution in [0.3, 0.4) is 0 Å². The number of hydrogen-bond acceptors (Lipinski definition) is 6. The smallest absolute Gasteiger partial charge is 0.321 e. The molecule has 0 radical (unpaired) electrons. The van der Waals surface area contributed by atoms with E-state index in [0.29, 0.717) is 17.9 Å². The Bertz CT molecular complexity index is 736. The first-order chi connectivity index (χ1) is 11.2. The molecule has 1 heterocycles. The second-order valence-electron chi connectivity index (χ2n) is 6.16. The van der Waals surface area contributed by atoms with E-state index in [2.05, 4.69) is 4.99 Å². The molecular weight excluding hydrogens is 346 g/mol. The minimum atomic E-state index is -3.23. The summed E-state index contributed by atoms with van der Waals surface area (Å²) in [6.07, 6.45) is 0.585. The van der Waals surface area contributed by atoms with Gasteiger partial charge in [-0.3, -0.25) is 9.79 Å². The summed E-state index contributed by atoms with van der Waals surface area (Å²) in [6.45, 7) is 7.75. The maximum absolute atomic E-state index is 12.1. The molecule has 24 heavy (non-hydrogen) atoms. The lowest BCUT2D eigenvalue weighted by molar-refractivity contribution is -0.143. The molecule has 0 N–H and O–H groups in total. The van der Waals surface area contributed by atoms with Gasteiger partial charge in [0.1, 0.15) is 5.25 Å². The summed E-state index contributed by atoms with van der Waals surface area (Å²) in [7, 11) is -3.23. The van der Waals surface area contributed by atoms with E-state index in [1.165, 1.54) is 11.8 Å². The quantitative estimate of drug-likeness (QED) is 0.721. The highest BCUT2D eigenvalue weighted by atomic mass is 32.2. The molecule has 0 saturated carbocycles. The molecule has 0 aromatic heterocycles. The fourth-order valence-corrected chi connectivity index (χ4v) is 5.09. The first kappa shape index (κ1) is 19.0. The van der Waals surface area contributed by atoms with Gasteiger partial charge in [0.2, 0.25) is 0 Å². The first-order valence-corrected chi connectivity index (χ1v) is 10.5. The van der Waals surface area contributed by atoms with Crippen LogP contribution in [0.2, 0.25) is 0 Å². The van der Waals surface area contributed by atoms with E-state index < -0.39 is 20.6 Å². The van der Waals surface area contributed by atoms with Gasteiger partial charge >= 0.3 is 5.97 Å². The van der Waals surface area contributed by atoms with E-state index >= 15 is 0 Å². The number of thioether (sulfide) groups is 1. The monoisotopic (exact) mass is 369 g/mol. The maximum atomic E-state index is 12.1. The molecule has 0 aliphatic carbocycles. The topological polar surface area (TPSA) is 72.8 Å². The molecule has 1 unspecified atom stereocenters. The molecule has 0 saturated heterocycles. The third-order valence-corrected chi connectivity index (χ3v) is 7.19. The van der Waals surface area contributed by atoms with Gasteiger partial charge in [0.05, 0.1) is 27.8 Å². The number of sulfone groups is 1. The lowest BCUT2D eigenvalue weighted by atomic mass is 10.0. The average molecular weight is 370 g/mol. The molecule has 0 amide bonds. The van der Waals surface area contributed by atoms with E-state index in [1.807, 2.05) is 20.8 Å². The van der Waals surface area contributed by atoms with Gasteiger partial charge in [-0.25, -0.2) is 8.42 Å². The van der Waals surface area contributed by atoms with Gasteiger partial charge in [0.25, 0.3) is 0 Å². The fraction of sp³-hybridized carbons (Fsp3) is 0.529. The van der Waals surface area contributed by atoms with E-state index in [-0.39, 0.29) is 11.7 Å². The Balaban J connectivity index is 2.23. The Morgan fingerprint density at radius 2 is 1.88 bits per heavy atom. The van der Waals surface area contributed by atoms with E-state index in [4.69, 9.17) is 4.74 Å². The van der Waals surface area contributed by atoms with Crippen molar-refractivity contribution in [3.8, 4) is 0 Å². The van der Waals surface area contributed by atoms with E-state index in [1.54, 1.807) is 31.2 Å². The molecule has 0 spiro atoms. The van der Waals surface area contributed by atoms with Crippen LogP contribution in [0.1, 0.15) is 39.7 Å². The zero-order valence-corrected chi connectivity index (χ0v) is 16.0. The van der Waals surface area contributed by atoms with Crippen molar-refractivity contribution >= 4 is 32.6 Å². The van der Waals surface area contributed by atoms with Gasteiger partial charge < -0.3 is 4.74 Å². The molecule has 0 fully saturated rings. The standard InChI is InChI=1S/C17H23NO4S2/c1-5-11-24(20,21)13-9-7-12(8-10-13)15-18-17(3,4)14(23-15)16(19)22-6-2/h7-10,14H,5-6,11H2,1-4H3. The molecule has 5 nitrogen and oxygen atoms in total. The maximum Gasteiger partial charge on any atom is 0.321 e. The zero-order valence-electron chi connectivity index (χ0n) is 14.4. The molecular formula is C17H23NO4S2. The van der Waals surface area contributed by atoms with Crippen LogP contribution in [0.5, 0.6) is 0 Å². The minimum Gasteiger partial charge on any atom is -0.465 e. The highest BCUT2D eigenvalue weighted by Gasteiger charge is 2.43. The van der Waals surface area contributed by atoms with Gasteiger partial charge in [-0.05, 0) is 39.3 Å². The summed E-state index contributed by atoms with van der Waals surface area (Å²) >= 11 is 1.37. The minimum absolute atomic E-state index is 0.139. The van der Waals surface area contributed by atoms with Gasteiger partial charge in [-0.15, -0.1) is 0 Å². The third-order valence-electron chi connectivity index (χ3n) is 3.69. The summed E-state index contributed by atoms with van der Waals surface area (Å²) in [6, 6.07) is 6.71. The van der Waals surface area contributed by atoms with Gasteiger partial charge in [-0.2, -0.15) is 0 Å². The molecule has 0 bridgehead atoms. The Morgan fingerprint density at radius 3 is 2.42 bits per heavy atom. The van der Waals surface area contributed by atoms with Crippen molar-refractivity contribution < 1.29 is 17.9 Å². The van der Waals surface area contributed by atoms with Crippen LogP contribution in [0, 0.1) is 0 Å². The number of ether oxygens (including phenoxy) is 1. The zero-order chi connectivity index (χ0) is 18.0. The third kappa shape index (κ3) is 4.00.